The van der Waals surface area contributed by atoms with Gasteiger partial charge in [-0.2, -0.15) is 0 Å². The number of nitrogens with zero attached hydrogens (tertiary/aromatic N) is 1. The van der Waals surface area contributed by atoms with Crippen LogP contribution in [0.1, 0.15) is 42.0 Å². The van der Waals surface area contributed by atoms with Crippen molar-refractivity contribution in [1.82, 2.24) is 10.2 Å². The highest BCUT2D eigenvalue weighted by Crippen LogP contribution is 2.46. The summed E-state index contributed by atoms with van der Waals surface area (Å²) in [7, 11) is 1.68. The fraction of sp³-hybridized carbons (Fsp3) is 0.455. The van der Waals surface area contributed by atoms with Gasteiger partial charge in [-0.3, -0.25) is 9.59 Å². The number of hydrogen-bond donors (Lipinski definition) is 1. The lowest BCUT2D eigenvalue weighted by molar-refractivity contribution is -0.134. The second kappa shape index (κ2) is 7.95. The molecule has 0 aliphatic carbocycles. The van der Waals surface area contributed by atoms with Gasteiger partial charge < -0.3 is 15.0 Å². The molecule has 1 aromatic heterocycles. The molecule has 2 aromatic rings. The summed E-state index contributed by atoms with van der Waals surface area (Å²) < 4.78 is 6.47. The largest absolute Gasteiger partial charge is 0.487 e. The van der Waals surface area contributed by atoms with Crippen molar-refractivity contribution in [3.05, 3.63) is 52.2 Å². The van der Waals surface area contributed by atoms with Crippen molar-refractivity contribution in [3.8, 4) is 5.75 Å². The van der Waals surface area contributed by atoms with Gasteiger partial charge in [-0.1, -0.05) is 24.3 Å². The molecule has 1 fully saturated rings. The van der Waals surface area contributed by atoms with Gasteiger partial charge >= 0.3 is 0 Å². The molecular weight excluding hydrogens is 372 g/mol. The minimum absolute atomic E-state index is 0.0559. The lowest BCUT2D eigenvalue weighted by Gasteiger charge is -2.47. The fourth-order valence-corrected chi connectivity index (χ4v) is 5.09. The summed E-state index contributed by atoms with van der Waals surface area (Å²) in [6.07, 6.45) is 3.39. The Hall–Kier alpha value is -2.34. The highest BCUT2D eigenvalue weighted by atomic mass is 32.1. The number of nitrogens with one attached hydrogen (secondary N) is 1. The SMILES string of the molecule is CNC(=O)C[C@@H]1CC2(CCN(C(=O)Cc3cccs3)CC2)Oc2ccccc21. The van der Waals surface area contributed by atoms with Crippen molar-refractivity contribution in [1.29, 1.82) is 0 Å². The van der Waals surface area contributed by atoms with Gasteiger partial charge in [0.05, 0.1) is 6.42 Å². The molecule has 2 aliphatic heterocycles. The third-order valence-electron chi connectivity index (χ3n) is 5.95. The number of likely N-dealkylation sites (tertiary alicyclic amines) is 1. The van der Waals surface area contributed by atoms with Crippen molar-refractivity contribution < 1.29 is 14.3 Å². The van der Waals surface area contributed by atoms with E-state index in [0.717, 1.165) is 35.5 Å². The van der Waals surface area contributed by atoms with Crippen LogP contribution in [-0.4, -0.2) is 42.5 Å². The number of amides is 2. The molecular formula is C22H26N2O3S. The maximum Gasteiger partial charge on any atom is 0.227 e. The first-order chi connectivity index (χ1) is 13.6. The summed E-state index contributed by atoms with van der Waals surface area (Å²) in [4.78, 5) is 27.7. The quantitative estimate of drug-likeness (QED) is 0.859. The molecule has 148 valence electrons. The Morgan fingerprint density at radius 3 is 2.71 bits per heavy atom. The predicted octanol–water partition coefficient (Wildman–Crippen LogP) is 3.35. The summed E-state index contributed by atoms with van der Waals surface area (Å²) in [5.41, 5.74) is 0.833. The normalized spacial score (nSPS) is 20.3. The van der Waals surface area contributed by atoms with E-state index in [-0.39, 0.29) is 23.3 Å². The molecule has 0 saturated carbocycles. The maximum atomic E-state index is 12.6. The average molecular weight is 399 g/mol. The van der Waals surface area contributed by atoms with Crippen LogP contribution in [0.3, 0.4) is 0 Å². The van der Waals surface area contributed by atoms with Crippen LogP contribution in [0.5, 0.6) is 5.75 Å². The van der Waals surface area contributed by atoms with E-state index in [9.17, 15) is 9.59 Å². The number of thiophene rings is 1. The highest BCUT2D eigenvalue weighted by molar-refractivity contribution is 7.10. The average Bonchev–Trinajstić information content (AvgIpc) is 3.21. The van der Waals surface area contributed by atoms with E-state index in [0.29, 0.717) is 25.9 Å². The van der Waals surface area contributed by atoms with Gasteiger partial charge in [0.25, 0.3) is 0 Å². The van der Waals surface area contributed by atoms with Crippen molar-refractivity contribution in [2.75, 3.05) is 20.1 Å². The van der Waals surface area contributed by atoms with Crippen molar-refractivity contribution in [2.24, 2.45) is 0 Å². The number of ether oxygens (including phenoxy) is 1. The van der Waals surface area contributed by atoms with Gasteiger partial charge in [0, 0.05) is 50.2 Å². The number of carbonyl (C=O) groups excluding carboxylic acids is 2. The number of carbonyl (C=O) groups is 2. The molecule has 1 aromatic carbocycles. The number of benzene rings is 1. The number of fused-ring (bicyclic) bond motifs is 1. The van der Waals surface area contributed by atoms with Gasteiger partial charge in [0.15, 0.2) is 0 Å². The van der Waals surface area contributed by atoms with Crippen molar-refractivity contribution >= 4 is 23.2 Å². The molecule has 0 bridgehead atoms. The number of piperidine rings is 1. The van der Waals surface area contributed by atoms with Crippen LogP contribution < -0.4 is 10.1 Å². The Labute approximate surface area is 169 Å². The van der Waals surface area contributed by atoms with Gasteiger partial charge in [-0.15, -0.1) is 11.3 Å². The first-order valence-electron chi connectivity index (χ1n) is 9.87. The summed E-state index contributed by atoms with van der Waals surface area (Å²) >= 11 is 1.63. The van der Waals surface area contributed by atoms with Crippen LogP contribution >= 0.6 is 11.3 Å². The Kier molecular flexibility index (Phi) is 5.40. The Bertz CT molecular complexity index is 841. The van der Waals surface area contributed by atoms with Crippen molar-refractivity contribution in [2.45, 2.75) is 43.6 Å². The molecule has 3 heterocycles. The second-order valence-corrected chi connectivity index (χ2v) is 8.77. The number of para-hydroxylation sites is 1. The van der Waals surface area contributed by atoms with Crippen LogP contribution in [0.15, 0.2) is 41.8 Å². The van der Waals surface area contributed by atoms with Crippen LogP contribution in [0.4, 0.5) is 0 Å². The van der Waals surface area contributed by atoms with E-state index in [2.05, 4.69) is 11.4 Å². The molecule has 0 unspecified atom stereocenters. The zero-order chi connectivity index (χ0) is 19.6. The van der Waals surface area contributed by atoms with E-state index in [4.69, 9.17) is 4.74 Å². The Morgan fingerprint density at radius 2 is 2.00 bits per heavy atom. The van der Waals surface area contributed by atoms with Gasteiger partial charge in [0.1, 0.15) is 11.4 Å². The minimum atomic E-state index is -0.285. The molecule has 1 atom stereocenters. The van der Waals surface area contributed by atoms with E-state index in [1.807, 2.05) is 40.6 Å². The standard InChI is InChI=1S/C22H26N2O3S/c1-23-20(25)13-16-15-22(27-19-7-3-2-6-18(16)19)8-10-24(11-9-22)21(26)14-17-5-4-12-28-17/h2-7,12,16H,8-11,13-15H2,1H3,(H,23,25)/t16-/m1/s1. The summed E-state index contributed by atoms with van der Waals surface area (Å²) in [6, 6.07) is 12.0. The van der Waals surface area contributed by atoms with Crippen LogP contribution in [-0.2, 0) is 16.0 Å². The number of hydrogen-bond acceptors (Lipinski definition) is 4. The fourth-order valence-electron chi connectivity index (χ4n) is 4.40. The summed E-state index contributed by atoms with van der Waals surface area (Å²) in [5, 5.41) is 4.75. The van der Waals surface area contributed by atoms with E-state index in [1.165, 1.54) is 0 Å². The second-order valence-electron chi connectivity index (χ2n) is 7.74. The molecule has 6 heteroatoms. The first-order valence-corrected chi connectivity index (χ1v) is 10.8. The molecule has 2 aliphatic rings. The van der Waals surface area contributed by atoms with Gasteiger partial charge in [-0.25, -0.2) is 0 Å². The topological polar surface area (TPSA) is 58.6 Å². The molecule has 0 radical (unpaired) electrons. The molecule has 5 nitrogen and oxygen atoms in total. The molecule has 1 saturated heterocycles. The zero-order valence-corrected chi connectivity index (χ0v) is 17.0. The highest BCUT2D eigenvalue weighted by Gasteiger charge is 2.44. The molecule has 1 N–H and O–H groups in total. The Morgan fingerprint density at radius 1 is 1.21 bits per heavy atom. The van der Waals surface area contributed by atoms with Crippen molar-refractivity contribution in [3.63, 3.8) is 0 Å². The lowest BCUT2D eigenvalue weighted by atomic mass is 9.76. The van der Waals surface area contributed by atoms with Crippen LogP contribution in [0.25, 0.3) is 0 Å². The third-order valence-corrected chi connectivity index (χ3v) is 6.82. The minimum Gasteiger partial charge on any atom is -0.487 e. The molecule has 2 amide bonds. The predicted molar refractivity (Wildman–Crippen MR) is 110 cm³/mol. The Balaban J connectivity index is 1.45. The van der Waals surface area contributed by atoms with E-state index >= 15 is 0 Å². The third kappa shape index (κ3) is 3.92. The smallest absolute Gasteiger partial charge is 0.227 e. The monoisotopic (exact) mass is 398 g/mol. The lowest BCUT2D eigenvalue weighted by Crippen LogP contribution is -2.52. The van der Waals surface area contributed by atoms with Gasteiger partial charge in [0.2, 0.25) is 11.8 Å². The first kappa shape index (κ1) is 19.0. The summed E-state index contributed by atoms with van der Waals surface area (Å²) in [6.45, 7) is 1.41. The maximum absolute atomic E-state index is 12.6. The summed E-state index contributed by atoms with van der Waals surface area (Å²) in [5.74, 6) is 1.29. The van der Waals surface area contributed by atoms with Crippen LogP contribution in [0, 0.1) is 0 Å². The molecule has 1 spiro atoms. The molecule has 28 heavy (non-hydrogen) atoms. The van der Waals surface area contributed by atoms with Gasteiger partial charge in [-0.05, 0) is 29.5 Å². The van der Waals surface area contributed by atoms with E-state index < -0.39 is 0 Å². The van der Waals surface area contributed by atoms with Crippen LogP contribution in [0.2, 0.25) is 0 Å². The zero-order valence-electron chi connectivity index (χ0n) is 16.1. The van der Waals surface area contributed by atoms with E-state index in [1.54, 1.807) is 18.4 Å². The molecule has 4 rings (SSSR count). The number of rotatable bonds is 4.